The third kappa shape index (κ3) is 2.96. The third-order valence-corrected chi connectivity index (χ3v) is 6.05. The van der Waals surface area contributed by atoms with Crippen LogP contribution in [0, 0.1) is 0 Å². The normalized spacial score (nSPS) is 11.5. The van der Waals surface area contributed by atoms with Crippen molar-refractivity contribution in [3.05, 3.63) is 71.8 Å². The van der Waals surface area contributed by atoms with Crippen LogP contribution in [-0.2, 0) is 24.0 Å². The van der Waals surface area contributed by atoms with Gasteiger partial charge < -0.3 is 4.55 Å². The Morgan fingerprint density at radius 2 is 1.15 bits per heavy atom. The van der Waals surface area contributed by atoms with Gasteiger partial charge in [0.25, 0.3) is 10.1 Å². The summed E-state index contributed by atoms with van der Waals surface area (Å²) in [6, 6.07) is 20.1. The van der Waals surface area contributed by atoms with Crippen molar-refractivity contribution in [1.82, 2.24) is 9.97 Å². The number of rotatable bonds is 4. The van der Waals surface area contributed by atoms with Gasteiger partial charge in [-0.15, -0.1) is 0 Å². The number of pyridine rings is 2. The summed E-state index contributed by atoms with van der Waals surface area (Å²) in [5, 5.41) is 3.41. The average molecular weight is 360 g/mol. The zero-order valence-electron chi connectivity index (χ0n) is 14.9. The van der Waals surface area contributed by atoms with Gasteiger partial charge in [-0.25, -0.2) is 9.97 Å². The lowest BCUT2D eigenvalue weighted by molar-refractivity contribution is 0.585. The lowest BCUT2D eigenvalue weighted by Crippen LogP contribution is -2.12. The fourth-order valence-corrected chi connectivity index (χ4v) is 4.63. The van der Waals surface area contributed by atoms with Gasteiger partial charge in [0.2, 0.25) is 0 Å². The van der Waals surface area contributed by atoms with E-state index in [1.807, 2.05) is 48.5 Å². The van der Waals surface area contributed by atoms with Crippen LogP contribution in [-0.4, -0.2) is 14.5 Å². The smallest absolute Gasteiger partial charge is 0.255 e. The maximum absolute atomic E-state index is 13.5. The number of para-hydroxylation sites is 2. The van der Waals surface area contributed by atoms with E-state index in [0.717, 1.165) is 45.8 Å². The molecule has 2 heterocycles. The highest BCUT2D eigenvalue weighted by Crippen LogP contribution is 2.29. The molecule has 0 fully saturated rings. The Morgan fingerprint density at radius 1 is 0.731 bits per heavy atom. The van der Waals surface area contributed by atoms with Gasteiger partial charge in [0.05, 0.1) is 22.2 Å². The van der Waals surface area contributed by atoms with Crippen molar-refractivity contribution < 1.29 is 4.55 Å². The van der Waals surface area contributed by atoms with Crippen LogP contribution >= 0.6 is 0 Å². The molecule has 130 valence electrons. The Hall–Kier alpha value is -2.43. The van der Waals surface area contributed by atoms with E-state index in [1.165, 1.54) is 0 Å². The molecule has 0 atom stereocenters. The average Bonchev–Trinajstić information content (AvgIpc) is 2.71. The Labute approximate surface area is 156 Å². The molecule has 3 nitrogen and oxygen atoms in total. The van der Waals surface area contributed by atoms with E-state index in [4.69, 9.17) is 9.97 Å². The molecule has 2 aromatic heterocycles. The summed E-state index contributed by atoms with van der Waals surface area (Å²) in [4.78, 5) is 9.48. The molecule has 0 unspecified atom stereocenters. The number of benzene rings is 2. The number of hydrogen-bond acceptors (Lipinski definition) is 3. The van der Waals surface area contributed by atoms with Crippen LogP contribution in [0.3, 0.4) is 0 Å². The van der Waals surface area contributed by atoms with E-state index in [0.29, 0.717) is 10.1 Å². The predicted molar refractivity (Wildman–Crippen MR) is 107 cm³/mol. The van der Waals surface area contributed by atoms with Gasteiger partial charge in [-0.2, -0.15) is 0 Å². The van der Waals surface area contributed by atoms with E-state index >= 15 is 0 Å². The highest BCUT2D eigenvalue weighted by molar-refractivity contribution is 7.91. The molecule has 4 aromatic rings. The highest BCUT2D eigenvalue weighted by Gasteiger charge is 2.26. The van der Waals surface area contributed by atoms with Crippen LogP contribution in [0.1, 0.15) is 25.0 Å². The third-order valence-electron chi connectivity index (χ3n) is 4.64. The number of fused-ring (bicyclic) bond motifs is 2. The number of hydrogen-bond donors (Lipinski definition) is 0. The summed E-state index contributed by atoms with van der Waals surface area (Å²) in [6.07, 6.45) is 1.57. The van der Waals surface area contributed by atoms with E-state index in [9.17, 15) is 4.55 Å². The van der Waals surface area contributed by atoms with E-state index in [2.05, 4.69) is 26.0 Å². The highest BCUT2D eigenvalue weighted by atomic mass is 32.2. The molecule has 0 N–H and O–H groups in total. The van der Waals surface area contributed by atoms with Gasteiger partial charge in [0.1, 0.15) is 0 Å². The van der Waals surface area contributed by atoms with Crippen LogP contribution < -0.4 is 0 Å². The topological polar surface area (TPSA) is 48.8 Å². The first-order chi connectivity index (χ1) is 12.7. The zero-order valence-corrected chi connectivity index (χ0v) is 15.7. The molecule has 0 saturated carbocycles. The molecule has 0 radical (unpaired) electrons. The summed E-state index contributed by atoms with van der Waals surface area (Å²) < 4.78 is 13.5. The summed E-state index contributed by atoms with van der Waals surface area (Å²) in [5.74, 6) is 0. The second-order valence-electron chi connectivity index (χ2n) is 6.27. The standard InChI is InChI=1S/C22H20N2OS/c1-3-15-13-17-9-5-7-11-19(17)23-21(15)26(25)22-16(4-2)14-18-10-6-8-12-20(18)24-22/h5-14H,3-4H2,1-2H3. The summed E-state index contributed by atoms with van der Waals surface area (Å²) in [6.45, 7) is 4.14. The van der Waals surface area contributed by atoms with E-state index < -0.39 is 11.2 Å². The molecule has 4 heteroatoms. The fraction of sp³-hybridized carbons (Fsp3) is 0.182. The lowest BCUT2D eigenvalue weighted by Gasteiger charge is -2.15. The van der Waals surface area contributed by atoms with Gasteiger partial charge in [0, 0.05) is 21.9 Å². The number of nitrogens with zero attached hydrogens (tertiary/aromatic N) is 2. The quantitative estimate of drug-likeness (QED) is 0.477. The van der Waals surface area contributed by atoms with Gasteiger partial charge in [-0.3, -0.25) is 0 Å². The van der Waals surface area contributed by atoms with Crippen molar-refractivity contribution in [2.24, 2.45) is 0 Å². The maximum atomic E-state index is 13.5. The molecule has 0 spiro atoms. The summed E-state index contributed by atoms with van der Waals surface area (Å²) in [7, 11) is 0. The summed E-state index contributed by atoms with van der Waals surface area (Å²) in [5.41, 5.74) is 3.76. The Bertz CT molecular complexity index is 1010. The largest absolute Gasteiger partial charge is 0.604 e. The van der Waals surface area contributed by atoms with Crippen molar-refractivity contribution in [3.8, 4) is 0 Å². The molecule has 0 aliphatic carbocycles. The minimum absolute atomic E-state index is 0.628. The molecule has 2 aromatic carbocycles. The van der Waals surface area contributed by atoms with Crippen LogP contribution in [0.2, 0.25) is 0 Å². The maximum Gasteiger partial charge on any atom is 0.255 e. The van der Waals surface area contributed by atoms with Crippen molar-refractivity contribution >= 4 is 33.0 Å². The first-order valence-corrected chi connectivity index (χ1v) is 10.0. The number of aromatic nitrogens is 2. The van der Waals surface area contributed by atoms with Gasteiger partial charge in [-0.1, -0.05) is 50.2 Å². The van der Waals surface area contributed by atoms with Crippen molar-refractivity contribution in [3.63, 3.8) is 0 Å². The van der Waals surface area contributed by atoms with Crippen molar-refractivity contribution in [1.29, 1.82) is 0 Å². The molecule has 0 aliphatic heterocycles. The Morgan fingerprint density at radius 3 is 1.58 bits per heavy atom. The fourth-order valence-electron chi connectivity index (χ4n) is 3.20. The second-order valence-corrected chi connectivity index (χ2v) is 7.58. The van der Waals surface area contributed by atoms with Crippen molar-refractivity contribution in [2.75, 3.05) is 0 Å². The Balaban J connectivity index is 1.91. The monoisotopic (exact) mass is 360 g/mol. The van der Waals surface area contributed by atoms with Gasteiger partial charge in [0.15, 0.2) is 0 Å². The minimum atomic E-state index is -1.40. The second kappa shape index (κ2) is 7.06. The van der Waals surface area contributed by atoms with Crippen LogP contribution in [0.15, 0.2) is 70.7 Å². The molecule has 4 rings (SSSR count). The molecular weight excluding hydrogens is 340 g/mol. The van der Waals surface area contributed by atoms with Crippen LogP contribution in [0.25, 0.3) is 21.8 Å². The van der Waals surface area contributed by atoms with Gasteiger partial charge in [-0.05, 0) is 37.1 Å². The van der Waals surface area contributed by atoms with Crippen LogP contribution in [0.5, 0.6) is 0 Å². The summed E-state index contributed by atoms with van der Waals surface area (Å²) >= 11 is -1.40. The minimum Gasteiger partial charge on any atom is -0.604 e. The van der Waals surface area contributed by atoms with Crippen LogP contribution in [0.4, 0.5) is 0 Å². The Kier molecular flexibility index (Phi) is 4.62. The van der Waals surface area contributed by atoms with Crippen molar-refractivity contribution in [2.45, 2.75) is 36.7 Å². The molecular formula is C22H20N2OS. The first-order valence-electron chi connectivity index (χ1n) is 8.90. The van der Waals surface area contributed by atoms with E-state index in [-0.39, 0.29) is 0 Å². The van der Waals surface area contributed by atoms with Gasteiger partial charge >= 0.3 is 0 Å². The number of aryl methyl sites for hydroxylation is 2. The van der Waals surface area contributed by atoms with E-state index in [1.54, 1.807) is 0 Å². The molecule has 0 amide bonds. The molecule has 0 saturated heterocycles. The predicted octanol–water partition coefficient (Wildman–Crippen LogP) is 5.07. The molecule has 0 aliphatic rings. The lowest BCUT2D eigenvalue weighted by atomic mass is 10.1. The zero-order chi connectivity index (χ0) is 18.1. The molecule has 0 bridgehead atoms. The first kappa shape index (κ1) is 17.0. The SMILES string of the molecule is CCc1cc2ccccc2nc1[S+]([O-])c1nc2ccccc2cc1CC. The molecule has 26 heavy (non-hydrogen) atoms.